The molecule has 0 aromatic carbocycles. The van der Waals surface area contributed by atoms with Crippen molar-refractivity contribution in [2.24, 2.45) is 11.8 Å². The van der Waals surface area contributed by atoms with Crippen LogP contribution in [0.25, 0.3) is 11.0 Å². The van der Waals surface area contributed by atoms with Gasteiger partial charge in [-0.05, 0) is 25.2 Å². The molecular weight excluding hydrogens is 250 g/mol. The zero-order chi connectivity index (χ0) is 14.3. The van der Waals surface area contributed by atoms with Gasteiger partial charge in [0.05, 0.1) is 11.1 Å². The van der Waals surface area contributed by atoms with Gasteiger partial charge in [-0.15, -0.1) is 0 Å². The van der Waals surface area contributed by atoms with Crippen LogP contribution in [0.2, 0.25) is 0 Å². The predicted octanol–water partition coefficient (Wildman–Crippen LogP) is 2.64. The molecule has 0 N–H and O–H groups in total. The number of hydrogen-bond acceptors (Lipinski definition) is 4. The van der Waals surface area contributed by atoms with Gasteiger partial charge in [0.15, 0.2) is 5.65 Å². The molecule has 0 radical (unpaired) electrons. The zero-order valence-corrected chi connectivity index (χ0v) is 12.8. The Hall–Kier alpha value is -1.65. The summed E-state index contributed by atoms with van der Waals surface area (Å²) in [6.45, 7) is 5.39. The first kappa shape index (κ1) is 13.3. The van der Waals surface area contributed by atoms with E-state index in [2.05, 4.69) is 21.6 Å². The molecule has 2 heterocycles. The van der Waals surface area contributed by atoms with Crippen LogP contribution >= 0.6 is 0 Å². The summed E-state index contributed by atoms with van der Waals surface area (Å²) < 4.78 is 2.09. The van der Waals surface area contributed by atoms with Gasteiger partial charge in [0, 0.05) is 20.6 Å². The van der Waals surface area contributed by atoms with Gasteiger partial charge in [-0.2, -0.15) is 5.10 Å². The van der Waals surface area contributed by atoms with Crippen LogP contribution in [0.1, 0.15) is 31.9 Å². The van der Waals surface area contributed by atoms with E-state index in [4.69, 9.17) is 5.10 Å². The predicted molar refractivity (Wildman–Crippen MR) is 80.9 cm³/mol. The minimum atomic E-state index is 0.732. The second kappa shape index (κ2) is 5.04. The number of aromatic nitrogens is 4. The van der Waals surface area contributed by atoms with Crippen LogP contribution in [0.15, 0.2) is 6.33 Å². The largest absolute Gasteiger partial charge is 0.362 e. The minimum absolute atomic E-state index is 0.732. The van der Waals surface area contributed by atoms with Gasteiger partial charge in [-0.3, -0.25) is 0 Å². The number of rotatable bonds is 3. The summed E-state index contributed by atoms with van der Waals surface area (Å²) in [6.07, 6.45) is 5.66. The van der Waals surface area contributed by atoms with E-state index in [1.54, 1.807) is 6.33 Å². The van der Waals surface area contributed by atoms with E-state index in [1.807, 2.05) is 25.9 Å². The Labute approximate surface area is 120 Å². The average Bonchev–Trinajstić information content (AvgIpc) is 2.95. The number of nitrogens with zero attached hydrogens (tertiary/aromatic N) is 5. The molecule has 3 rings (SSSR count). The summed E-state index contributed by atoms with van der Waals surface area (Å²) in [6, 6.07) is 0. The molecule has 0 spiro atoms. The van der Waals surface area contributed by atoms with E-state index in [0.717, 1.165) is 40.9 Å². The molecule has 0 bridgehead atoms. The van der Waals surface area contributed by atoms with Crippen molar-refractivity contribution in [1.29, 1.82) is 0 Å². The first-order chi connectivity index (χ1) is 9.58. The first-order valence-electron chi connectivity index (χ1n) is 7.43. The molecule has 1 aliphatic carbocycles. The molecule has 2 aromatic rings. The fraction of sp³-hybridized carbons (Fsp3) is 0.667. The first-order valence-corrected chi connectivity index (χ1v) is 7.43. The van der Waals surface area contributed by atoms with Crippen LogP contribution < -0.4 is 4.90 Å². The number of fused-ring (bicyclic) bond motifs is 1. The second-order valence-corrected chi connectivity index (χ2v) is 6.23. The Morgan fingerprint density at radius 1 is 1.30 bits per heavy atom. The number of hydrogen-bond donors (Lipinski definition) is 0. The van der Waals surface area contributed by atoms with E-state index in [1.165, 1.54) is 19.3 Å². The van der Waals surface area contributed by atoms with Crippen molar-refractivity contribution in [2.75, 3.05) is 19.0 Å². The Morgan fingerprint density at radius 3 is 2.75 bits per heavy atom. The van der Waals surface area contributed by atoms with Crippen molar-refractivity contribution in [1.82, 2.24) is 19.7 Å². The molecule has 20 heavy (non-hydrogen) atoms. The maximum Gasteiger partial charge on any atom is 0.163 e. The molecule has 0 amide bonds. The third kappa shape index (κ3) is 2.15. The van der Waals surface area contributed by atoms with Crippen LogP contribution in [0, 0.1) is 18.8 Å². The molecule has 0 aliphatic heterocycles. The normalized spacial score (nSPS) is 22.6. The van der Waals surface area contributed by atoms with E-state index in [-0.39, 0.29) is 0 Å². The Balaban J connectivity index is 2.02. The van der Waals surface area contributed by atoms with E-state index in [9.17, 15) is 0 Å². The number of aryl methyl sites for hydroxylation is 1. The topological polar surface area (TPSA) is 46.8 Å². The lowest BCUT2D eigenvalue weighted by molar-refractivity contribution is 0.351. The van der Waals surface area contributed by atoms with Gasteiger partial charge in [0.2, 0.25) is 0 Å². The maximum atomic E-state index is 4.72. The van der Waals surface area contributed by atoms with Gasteiger partial charge in [0.25, 0.3) is 0 Å². The summed E-state index contributed by atoms with van der Waals surface area (Å²) in [4.78, 5) is 10.9. The second-order valence-electron chi connectivity index (χ2n) is 6.23. The lowest BCUT2D eigenvalue weighted by Gasteiger charge is -2.15. The summed E-state index contributed by atoms with van der Waals surface area (Å²) >= 11 is 0. The molecule has 1 aliphatic rings. The Morgan fingerprint density at radius 2 is 2.10 bits per heavy atom. The van der Waals surface area contributed by atoms with E-state index < -0.39 is 0 Å². The lowest BCUT2D eigenvalue weighted by atomic mass is 9.98. The fourth-order valence-corrected chi connectivity index (χ4v) is 3.35. The van der Waals surface area contributed by atoms with Crippen LogP contribution in [-0.4, -0.2) is 33.8 Å². The van der Waals surface area contributed by atoms with Crippen molar-refractivity contribution in [2.45, 2.75) is 39.7 Å². The molecule has 5 nitrogen and oxygen atoms in total. The number of anilines is 1. The molecular formula is C15H23N5. The monoisotopic (exact) mass is 273 g/mol. The SMILES string of the molecule is Cc1nn(CC2CCCC2C)c2ncnc(N(C)C)c12. The molecule has 1 fully saturated rings. The van der Waals surface area contributed by atoms with Crippen molar-refractivity contribution in [3.8, 4) is 0 Å². The van der Waals surface area contributed by atoms with Gasteiger partial charge < -0.3 is 4.90 Å². The van der Waals surface area contributed by atoms with Crippen molar-refractivity contribution >= 4 is 16.9 Å². The van der Waals surface area contributed by atoms with Crippen LogP contribution in [0.5, 0.6) is 0 Å². The highest BCUT2D eigenvalue weighted by Gasteiger charge is 2.25. The molecule has 5 heteroatoms. The lowest BCUT2D eigenvalue weighted by Crippen LogP contribution is -2.15. The van der Waals surface area contributed by atoms with Gasteiger partial charge in [-0.1, -0.05) is 19.8 Å². The third-order valence-electron chi connectivity index (χ3n) is 4.55. The summed E-state index contributed by atoms with van der Waals surface area (Å²) in [5.74, 6) is 2.48. The molecule has 108 valence electrons. The third-order valence-corrected chi connectivity index (χ3v) is 4.55. The molecule has 2 unspecified atom stereocenters. The zero-order valence-electron chi connectivity index (χ0n) is 12.8. The molecule has 2 atom stereocenters. The van der Waals surface area contributed by atoms with Crippen LogP contribution in [0.4, 0.5) is 5.82 Å². The van der Waals surface area contributed by atoms with Crippen molar-refractivity contribution in [3.05, 3.63) is 12.0 Å². The smallest absolute Gasteiger partial charge is 0.163 e. The highest BCUT2D eigenvalue weighted by molar-refractivity contribution is 5.89. The van der Waals surface area contributed by atoms with Crippen molar-refractivity contribution < 1.29 is 0 Å². The Kier molecular flexibility index (Phi) is 3.36. The Bertz CT molecular complexity index is 616. The maximum absolute atomic E-state index is 4.72. The average molecular weight is 273 g/mol. The van der Waals surface area contributed by atoms with Crippen LogP contribution in [-0.2, 0) is 6.54 Å². The fourth-order valence-electron chi connectivity index (χ4n) is 3.35. The summed E-state index contributed by atoms with van der Waals surface area (Å²) in [7, 11) is 4.02. The van der Waals surface area contributed by atoms with Gasteiger partial charge in [0.1, 0.15) is 12.1 Å². The highest BCUT2D eigenvalue weighted by Crippen LogP contribution is 2.33. The highest BCUT2D eigenvalue weighted by atomic mass is 15.3. The molecule has 2 aromatic heterocycles. The van der Waals surface area contributed by atoms with Gasteiger partial charge in [-0.25, -0.2) is 14.6 Å². The van der Waals surface area contributed by atoms with E-state index >= 15 is 0 Å². The standard InChI is InChI=1S/C15H23N5/c1-10-6-5-7-12(10)8-20-15-13(11(2)18-20)14(19(3)4)16-9-17-15/h9-10,12H,5-8H2,1-4H3. The molecule has 1 saturated carbocycles. The quantitative estimate of drug-likeness (QED) is 0.862. The molecule has 0 saturated heterocycles. The van der Waals surface area contributed by atoms with E-state index in [0.29, 0.717) is 0 Å². The van der Waals surface area contributed by atoms with Gasteiger partial charge >= 0.3 is 0 Å². The van der Waals surface area contributed by atoms with Crippen LogP contribution in [0.3, 0.4) is 0 Å². The minimum Gasteiger partial charge on any atom is -0.362 e. The van der Waals surface area contributed by atoms with Crippen molar-refractivity contribution in [3.63, 3.8) is 0 Å². The summed E-state index contributed by atoms with van der Waals surface area (Å²) in [5, 5.41) is 5.80. The summed E-state index contributed by atoms with van der Waals surface area (Å²) in [5.41, 5.74) is 2.00.